The van der Waals surface area contributed by atoms with E-state index in [2.05, 4.69) is 33.0 Å². The molecular formula is C21H27N3O2S. The van der Waals surface area contributed by atoms with Gasteiger partial charge in [-0.25, -0.2) is 0 Å². The summed E-state index contributed by atoms with van der Waals surface area (Å²) in [5, 5.41) is 7.64. The van der Waals surface area contributed by atoms with Gasteiger partial charge in [-0.2, -0.15) is 0 Å². The van der Waals surface area contributed by atoms with Crippen LogP contribution in [0.15, 0.2) is 41.8 Å². The van der Waals surface area contributed by atoms with E-state index < -0.39 is 11.8 Å². The van der Waals surface area contributed by atoms with Crippen LogP contribution in [0, 0.1) is 5.92 Å². The summed E-state index contributed by atoms with van der Waals surface area (Å²) in [5.74, 6) is -0.711. The topological polar surface area (TPSA) is 61.4 Å². The van der Waals surface area contributed by atoms with Crippen molar-refractivity contribution in [3.05, 3.63) is 52.2 Å². The number of hydrogen-bond acceptors (Lipinski definition) is 4. The van der Waals surface area contributed by atoms with E-state index in [1.54, 1.807) is 11.3 Å². The molecule has 1 saturated heterocycles. The molecule has 2 heterocycles. The predicted molar refractivity (Wildman–Crippen MR) is 110 cm³/mol. The zero-order valence-corrected chi connectivity index (χ0v) is 16.6. The Kier molecular flexibility index (Phi) is 7.01. The fraction of sp³-hybridized carbons (Fsp3) is 0.429. The van der Waals surface area contributed by atoms with E-state index in [0.29, 0.717) is 18.2 Å². The molecule has 2 N–H and O–H groups in total. The number of aryl methyl sites for hydroxylation is 1. The molecule has 5 nitrogen and oxygen atoms in total. The first-order valence-corrected chi connectivity index (χ1v) is 10.5. The van der Waals surface area contributed by atoms with Gasteiger partial charge in [0.25, 0.3) is 0 Å². The van der Waals surface area contributed by atoms with Gasteiger partial charge < -0.3 is 10.6 Å². The number of likely N-dealkylation sites (tertiary alicyclic amines) is 1. The SMILES string of the molecule is CCc1ccccc1NC(=O)C(=O)NCC1CCN(Cc2cccs2)CC1. The molecule has 1 fully saturated rings. The lowest BCUT2D eigenvalue weighted by atomic mass is 9.96. The lowest BCUT2D eigenvalue weighted by Gasteiger charge is -2.31. The molecule has 1 aromatic carbocycles. The summed E-state index contributed by atoms with van der Waals surface area (Å²) < 4.78 is 0. The zero-order valence-electron chi connectivity index (χ0n) is 15.7. The highest BCUT2D eigenvalue weighted by atomic mass is 32.1. The van der Waals surface area contributed by atoms with Crippen LogP contribution in [-0.4, -0.2) is 36.3 Å². The van der Waals surface area contributed by atoms with Gasteiger partial charge in [0, 0.05) is 23.7 Å². The summed E-state index contributed by atoms with van der Waals surface area (Å²) in [7, 11) is 0. The van der Waals surface area contributed by atoms with Crippen LogP contribution in [0.1, 0.15) is 30.2 Å². The van der Waals surface area contributed by atoms with E-state index in [9.17, 15) is 9.59 Å². The number of para-hydroxylation sites is 1. The molecule has 2 amide bonds. The van der Waals surface area contributed by atoms with Crippen molar-refractivity contribution in [3.8, 4) is 0 Å². The Morgan fingerprint density at radius 3 is 2.59 bits per heavy atom. The first-order chi connectivity index (χ1) is 13.2. The second kappa shape index (κ2) is 9.67. The van der Waals surface area contributed by atoms with Crippen molar-refractivity contribution >= 4 is 28.8 Å². The third-order valence-electron chi connectivity index (χ3n) is 5.07. The van der Waals surface area contributed by atoms with E-state index >= 15 is 0 Å². The largest absolute Gasteiger partial charge is 0.348 e. The van der Waals surface area contributed by atoms with Crippen molar-refractivity contribution in [1.82, 2.24) is 10.2 Å². The first kappa shape index (κ1) is 19.6. The van der Waals surface area contributed by atoms with Crippen LogP contribution in [0.2, 0.25) is 0 Å². The molecule has 3 rings (SSSR count). The van der Waals surface area contributed by atoms with E-state index in [1.165, 1.54) is 4.88 Å². The predicted octanol–water partition coefficient (Wildman–Crippen LogP) is 3.28. The molecule has 0 bridgehead atoms. The average molecular weight is 386 g/mol. The Morgan fingerprint density at radius 1 is 1.11 bits per heavy atom. The number of carbonyl (C=O) groups excluding carboxylic acids is 2. The molecule has 0 unspecified atom stereocenters. The summed E-state index contributed by atoms with van der Waals surface area (Å²) in [4.78, 5) is 28.1. The Morgan fingerprint density at radius 2 is 1.89 bits per heavy atom. The van der Waals surface area contributed by atoms with Crippen LogP contribution >= 0.6 is 11.3 Å². The molecule has 27 heavy (non-hydrogen) atoms. The van der Waals surface area contributed by atoms with E-state index in [-0.39, 0.29) is 0 Å². The molecule has 2 aromatic rings. The number of hydrogen-bond donors (Lipinski definition) is 2. The van der Waals surface area contributed by atoms with Gasteiger partial charge in [0.05, 0.1) is 0 Å². The molecule has 1 aromatic heterocycles. The fourth-order valence-corrected chi connectivity index (χ4v) is 4.16. The Balaban J connectivity index is 1.39. The van der Waals surface area contributed by atoms with Gasteiger partial charge in [0.15, 0.2) is 0 Å². The van der Waals surface area contributed by atoms with Gasteiger partial charge in [-0.05, 0) is 61.3 Å². The number of rotatable bonds is 6. The van der Waals surface area contributed by atoms with Crippen LogP contribution in [0.3, 0.4) is 0 Å². The number of anilines is 1. The Labute approximate surface area is 164 Å². The maximum Gasteiger partial charge on any atom is 0.313 e. The van der Waals surface area contributed by atoms with E-state index in [0.717, 1.165) is 44.5 Å². The number of benzene rings is 1. The minimum absolute atomic E-state index is 0.435. The third kappa shape index (κ3) is 5.65. The summed E-state index contributed by atoms with van der Waals surface area (Å²) in [6.45, 7) is 5.67. The molecule has 0 spiro atoms. The maximum absolute atomic E-state index is 12.2. The fourth-order valence-electron chi connectivity index (χ4n) is 3.42. The lowest BCUT2D eigenvalue weighted by molar-refractivity contribution is -0.136. The second-order valence-corrected chi connectivity index (χ2v) is 8.01. The normalized spacial score (nSPS) is 15.4. The molecule has 1 aliphatic rings. The lowest BCUT2D eigenvalue weighted by Crippen LogP contribution is -2.41. The molecule has 0 aliphatic carbocycles. The summed E-state index contributed by atoms with van der Waals surface area (Å²) in [6, 6.07) is 11.8. The molecular weight excluding hydrogens is 358 g/mol. The van der Waals surface area contributed by atoms with Crippen molar-refractivity contribution in [2.45, 2.75) is 32.7 Å². The smallest absolute Gasteiger partial charge is 0.313 e. The summed E-state index contributed by atoms with van der Waals surface area (Å²) in [6.07, 6.45) is 2.90. The first-order valence-electron chi connectivity index (χ1n) is 9.57. The molecule has 1 aliphatic heterocycles. The van der Waals surface area contributed by atoms with Crippen molar-refractivity contribution in [1.29, 1.82) is 0 Å². The second-order valence-electron chi connectivity index (χ2n) is 6.97. The Bertz CT molecular complexity index is 753. The molecule has 0 saturated carbocycles. The molecule has 0 atom stereocenters. The number of nitrogens with zero attached hydrogens (tertiary/aromatic N) is 1. The maximum atomic E-state index is 12.2. The highest BCUT2D eigenvalue weighted by Gasteiger charge is 2.21. The van der Waals surface area contributed by atoms with Gasteiger partial charge in [0.1, 0.15) is 0 Å². The van der Waals surface area contributed by atoms with Crippen molar-refractivity contribution in [3.63, 3.8) is 0 Å². The van der Waals surface area contributed by atoms with Crippen LogP contribution in [-0.2, 0) is 22.6 Å². The third-order valence-corrected chi connectivity index (χ3v) is 5.93. The quantitative estimate of drug-likeness (QED) is 0.750. The van der Waals surface area contributed by atoms with Crippen LogP contribution in [0.5, 0.6) is 0 Å². The van der Waals surface area contributed by atoms with Gasteiger partial charge in [0.2, 0.25) is 0 Å². The van der Waals surface area contributed by atoms with Gasteiger partial charge in [-0.3, -0.25) is 14.5 Å². The number of carbonyl (C=O) groups is 2. The van der Waals surface area contributed by atoms with Gasteiger partial charge in [-0.15, -0.1) is 11.3 Å². The summed E-state index contributed by atoms with van der Waals surface area (Å²) in [5.41, 5.74) is 1.73. The standard InChI is InChI=1S/C21H27N3O2S/c1-2-17-6-3-4-8-19(17)23-21(26)20(25)22-14-16-9-11-24(12-10-16)15-18-7-5-13-27-18/h3-8,13,16H,2,9-12,14-15H2,1H3,(H,22,25)(H,23,26). The zero-order chi connectivity index (χ0) is 19.1. The summed E-state index contributed by atoms with van der Waals surface area (Å²) >= 11 is 1.79. The van der Waals surface area contributed by atoms with Gasteiger partial charge >= 0.3 is 11.8 Å². The number of amides is 2. The minimum Gasteiger partial charge on any atom is -0.348 e. The van der Waals surface area contributed by atoms with Gasteiger partial charge in [-0.1, -0.05) is 31.2 Å². The van der Waals surface area contributed by atoms with Crippen LogP contribution in [0.25, 0.3) is 0 Å². The molecule has 0 radical (unpaired) electrons. The number of nitrogens with one attached hydrogen (secondary N) is 2. The highest BCUT2D eigenvalue weighted by molar-refractivity contribution is 7.09. The van der Waals surface area contributed by atoms with Crippen molar-refractivity contribution in [2.75, 3.05) is 25.0 Å². The highest BCUT2D eigenvalue weighted by Crippen LogP contribution is 2.20. The number of piperidine rings is 1. The average Bonchev–Trinajstić information content (AvgIpc) is 3.20. The van der Waals surface area contributed by atoms with Crippen LogP contribution < -0.4 is 10.6 Å². The molecule has 6 heteroatoms. The van der Waals surface area contributed by atoms with Crippen LogP contribution in [0.4, 0.5) is 5.69 Å². The number of thiophene rings is 1. The van der Waals surface area contributed by atoms with Crippen molar-refractivity contribution in [2.24, 2.45) is 5.92 Å². The molecule has 144 valence electrons. The monoisotopic (exact) mass is 385 g/mol. The van der Waals surface area contributed by atoms with E-state index in [4.69, 9.17) is 0 Å². The minimum atomic E-state index is -0.592. The van der Waals surface area contributed by atoms with E-state index in [1.807, 2.05) is 31.2 Å². The Hall–Kier alpha value is -2.18. The van der Waals surface area contributed by atoms with Crippen molar-refractivity contribution < 1.29 is 9.59 Å².